The molecule has 1 heterocycles. The molecule has 7 nitrogen and oxygen atoms in total. The standard InChI is InChI=1S/C31H27ClN4O3S/c1-20-8-4-7-11-26(20)36-29(24-9-5-6-10-25(24)32)34-35-31(36)40-19-21-12-14-22(15-13-21)30(37)33-23-16-17-27(38-2)28(18-23)39-3/h4-18H,19H2,1-3H3,(H,33,37). The number of anilines is 1. The minimum absolute atomic E-state index is 0.213. The van der Waals surface area contributed by atoms with E-state index in [1.807, 2.05) is 65.2 Å². The number of methoxy groups -OCH3 is 2. The summed E-state index contributed by atoms with van der Waals surface area (Å²) in [5.41, 5.74) is 5.12. The highest BCUT2D eigenvalue weighted by molar-refractivity contribution is 7.98. The van der Waals surface area contributed by atoms with Gasteiger partial charge in [-0.3, -0.25) is 9.36 Å². The molecule has 0 aliphatic carbocycles. The van der Waals surface area contributed by atoms with Gasteiger partial charge in [-0.1, -0.05) is 65.8 Å². The molecule has 9 heteroatoms. The second kappa shape index (κ2) is 12.3. The Morgan fingerprint density at radius 2 is 1.62 bits per heavy atom. The maximum atomic E-state index is 12.8. The third-order valence-corrected chi connectivity index (χ3v) is 7.66. The molecule has 202 valence electrons. The van der Waals surface area contributed by atoms with Gasteiger partial charge in [0.2, 0.25) is 0 Å². The van der Waals surface area contributed by atoms with Crippen LogP contribution >= 0.6 is 23.4 Å². The van der Waals surface area contributed by atoms with Crippen LogP contribution < -0.4 is 14.8 Å². The number of hydrogen-bond donors (Lipinski definition) is 1. The van der Waals surface area contributed by atoms with Crippen molar-refractivity contribution in [1.82, 2.24) is 14.8 Å². The van der Waals surface area contributed by atoms with Crippen molar-refractivity contribution in [2.75, 3.05) is 19.5 Å². The second-order valence-electron chi connectivity index (χ2n) is 8.92. The molecule has 0 bridgehead atoms. The molecule has 0 saturated carbocycles. The van der Waals surface area contributed by atoms with Gasteiger partial charge in [0.1, 0.15) is 0 Å². The molecule has 1 aromatic heterocycles. The first-order valence-electron chi connectivity index (χ1n) is 12.5. The maximum absolute atomic E-state index is 12.8. The number of rotatable bonds is 9. The first-order valence-corrected chi connectivity index (χ1v) is 13.9. The summed E-state index contributed by atoms with van der Waals surface area (Å²) in [5, 5.41) is 13.3. The summed E-state index contributed by atoms with van der Waals surface area (Å²) in [4.78, 5) is 12.8. The number of aromatic nitrogens is 3. The molecule has 0 aliphatic heterocycles. The van der Waals surface area contributed by atoms with Crippen LogP contribution in [0.2, 0.25) is 5.02 Å². The molecule has 0 unspecified atom stereocenters. The molecular formula is C31H27ClN4O3S. The lowest BCUT2D eigenvalue weighted by Gasteiger charge is -2.13. The molecule has 40 heavy (non-hydrogen) atoms. The molecule has 0 aliphatic rings. The fraction of sp³-hybridized carbons (Fsp3) is 0.129. The summed E-state index contributed by atoms with van der Waals surface area (Å²) in [6, 6.07) is 28.5. The van der Waals surface area contributed by atoms with Crippen LogP contribution in [0.25, 0.3) is 17.1 Å². The Morgan fingerprint density at radius 3 is 2.35 bits per heavy atom. The highest BCUT2D eigenvalue weighted by Gasteiger charge is 2.19. The highest BCUT2D eigenvalue weighted by Crippen LogP contribution is 2.34. The molecule has 1 N–H and O–H groups in total. The van der Waals surface area contributed by atoms with Crippen LogP contribution in [0.5, 0.6) is 11.5 Å². The number of aryl methyl sites for hydroxylation is 1. The average Bonchev–Trinajstić information content (AvgIpc) is 3.40. The van der Waals surface area contributed by atoms with Crippen molar-refractivity contribution in [2.24, 2.45) is 0 Å². The van der Waals surface area contributed by atoms with Crippen LogP contribution in [-0.2, 0) is 5.75 Å². The zero-order chi connectivity index (χ0) is 28.1. The zero-order valence-corrected chi connectivity index (χ0v) is 23.8. The Labute approximate surface area is 242 Å². The Bertz CT molecular complexity index is 1650. The monoisotopic (exact) mass is 570 g/mol. The fourth-order valence-electron chi connectivity index (χ4n) is 4.23. The largest absolute Gasteiger partial charge is 0.493 e. The topological polar surface area (TPSA) is 78.3 Å². The SMILES string of the molecule is COc1ccc(NC(=O)c2ccc(CSc3nnc(-c4ccccc4Cl)n3-c3ccccc3C)cc2)cc1OC. The van der Waals surface area contributed by atoms with Crippen LogP contribution in [0.4, 0.5) is 5.69 Å². The summed E-state index contributed by atoms with van der Waals surface area (Å²) < 4.78 is 12.6. The van der Waals surface area contributed by atoms with Crippen molar-refractivity contribution in [3.05, 3.63) is 113 Å². The first kappa shape index (κ1) is 27.3. The summed E-state index contributed by atoms with van der Waals surface area (Å²) in [5.74, 6) is 2.26. The first-order chi connectivity index (χ1) is 19.5. The van der Waals surface area contributed by atoms with Gasteiger partial charge < -0.3 is 14.8 Å². The molecule has 0 radical (unpaired) electrons. The lowest BCUT2D eigenvalue weighted by atomic mass is 10.1. The van der Waals surface area contributed by atoms with Gasteiger partial charge in [0.05, 0.1) is 24.9 Å². The van der Waals surface area contributed by atoms with Gasteiger partial charge in [-0.25, -0.2) is 0 Å². The molecule has 4 aromatic carbocycles. The quantitative estimate of drug-likeness (QED) is 0.185. The van der Waals surface area contributed by atoms with Gasteiger partial charge in [-0.2, -0.15) is 0 Å². The number of thioether (sulfide) groups is 1. The summed E-state index contributed by atoms with van der Waals surface area (Å²) in [6.07, 6.45) is 0. The lowest BCUT2D eigenvalue weighted by molar-refractivity contribution is 0.102. The van der Waals surface area contributed by atoms with Gasteiger partial charge >= 0.3 is 0 Å². The van der Waals surface area contributed by atoms with Crippen molar-refractivity contribution in [2.45, 2.75) is 17.8 Å². The van der Waals surface area contributed by atoms with Crippen molar-refractivity contribution in [3.63, 3.8) is 0 Å². The minimum Gasteiger partial charge on any atom is -0.493 e. The molecule has 0 fully saturated rings. The van der Waals surface area contributed by atoms with E-state index in [9.17, 15) is 4.79 Å². The molecular weight excluding hydrogens is 544 g/mol. The normalized spacial score (nSPS) is 10.8. The Morgan fingerprint density at radius 1 is 0.900 bits per heavy atom. The molecule has 0 saturated heterocycles. The van der Waals surface area contributed by atoms with Crippen LogP contribution in [0, 0.1) is 6.92 Å². The predicted molar refractivity (Wildman–Crippen MR) is 160 cm³/mol. The van der Waals surface area contributed by atoms with Gasteiger partial charge in [-0.15, -0.1) is 10.2 Å². The van der Waals surface area contributed by atoms with Crippen LogP contribution in [0.3, 0.4) is 0 Å². The smallest absolute Gasteiger partial charge is 0.255 e. The van der Waals surface area contributed by atoms with E-state index in [1.165, 1.54) is 0 Å². The predicted octanol–water partition coefficient (Wildman–Crippen LogP) is 7.46. The van der Waals surface area contributed by atoms with E-state index in [0.29, 0.717) is 39.3 Å². The number of hydrogen-bond acceptors (Lipinski definition) is 6. The van der Waals surface area contributed by atoms with E-state index in [4.69, 9.17) is 21.1 Å². The molecule has 5 rings (SSSR count). The van der Waals surface area contributed by atoms with E-state index in [-0.39, 0.29) is 5.91 Å². The average molecular weight is 571 g/mol. The van der Waals surface area contributed by atoms with E-state index < -0.39 is 0 Å². The van der Waals surface area contributed by atoms with Gasteiger partial charge in [0.15, 0.2) is 22.5 Å². The van der Waals surface area contributed by atoms with E-state index in [1.54, 1.807) is 44.2 Å². The van der Waals surface area contributed by atoms with Crippen molar-refractivity contribution >= 4 is 35.0 Å². The second-order valence-corrected chi connectivity index (χ2v) is 10.3. The lowest BCUT2D eigenvalue weighted by Crippen LogP contribution is -2.12. The minimum atomic E-state index is -0.213. The van der Waals surface area contributed by atoms with Gasteiger partial charge in [0.25, 0.3) is 5.91 Å². The third-order valence-electron chi connectivity index (χ3n) is 6.33. The number of ether oxygens (including phenoxy) is 2. The van der Waals surface area contributed by atoms with Crippen molar-refractivity contribution in [3.8, 4) is 28.6 Å². The fourth-order valence-corrected chi connectivity index (χ4v) is 5.35. The summed E-state index contributed by atoms with van der Waals surface area (Å²) >= 11 is 8.10. The molecule has 0 spiro atoms. The molecule has 0 atom stereocenters. The van der Waals surface area contributed by atoms with Gasteiger partial charge in [0, 0.05) is 28.6 Å². The maximum Gasteiger partial charge on any atom is 0.255 e. The van der Waals surface area contributed by atoms with Crippen LogP contribution in [0.15, 0.2) is 96.2 Å². The number of carbonyl (C=O) groups excluding carboxylic acids is 1. The number of benzene rings is 4. The summed E-state index contributed by atoms with van der Waals surface area (Å²) in [7, 11) is 3.13. The van der Waals surface area contributed by atoms with Crippen LogP contribution in [0.1, 0.15) is 21.5 Å². The van der Waals surface area contributed by atoms with E-state index in [2.05, 4.69) is 34.6 Å². The van der Waals surface area contributed by atoms with Crippen molar-refractivity contribution < 1.29 is 14.3 Å². The molecule has 1 amide bonds. The van der Waals surface area contributed by atoms with E-state index in [0.717, 1.165) is 27.5 Å². The Hall–Kier alpha value is -4.27. The highest BCUT2D eigenvalue weighted by atomic mass is 35.5. The van der Waals surface area contributed by atoms with Crippen LogP contribution in [-0.4, -0.2) is 34.9 Å². The molecule has 5 aromatic rings. The Kier molecular flexibility index (Phi) is 8.38. The number of carbonyl (C=O) groups is 1. The van der Waals surface area contributed by atoms with Crippen molar-refractivity contribution in [1.29, 1.82) is 0 Å². The van der Waals surface area contributed by atoms with Gasteiger partial charge in [-0.05, 0) is 60.5 Å². The zero-order valence-electron chi connectivity index (χ0n) is 22.2. The Balaban J connectivity index is 1.34. The number of amides is 1. The number of halogens is 1. The number of nitrogens with zero attached hydrogens (tertiary/aromatic N) is 3. The summed E-state index contributed by atoms with van der Waals surface area (Å²) in [6.45, 7) is 2.06. The number of nitrogens with one attached hydrogen (secondary N) is 1. The number of para-hydroxylation sites is 1. The third kappa shape index (κ3) is 5.83. The van der Waals surface area contributed by atoms with E-state index >= 15 is 0 Å².